The van der Waals surface area contributed by atoms with Crippen LogP contribution < -0.4 is 5.32 Å². The molecule has 0 bridgehead atoms. The lowest BCUT2D eigenvalue weighted by Gasteiger charge is -2.12. The molecule has 1 amide bonds. The molecule has 0 unspecified atom stereocenters. The highest BCUT2D eigenvalue weighted by Crippen LogP contribution is 2.10. The first-order chi connectivity index (χ1) is 9.63. The van der Waals surface area contributed by atoms with E-state index < -0.39 is 12.0 Å². The first-order valence-electron chi connectivity index (χ1n) is 6.10. The summed E-state index contributed by atoms with van der Waals surface area (Å²) < 4.78 is 6.22. The highest BCUT2D eigenvalue weighted by molar-refractivity contribution is 5.95. The molecule has 6 nitrogen and oxygen atoms in total. The first-order valence-corrected chi connectivity index (χ1v) is 6.10. The lowest BCUT2D eigenvalue weighted by molar-refractivity contribution is -0.142. The predicted molar refractivity (Wildman–Crippen MR) is 72.5 cm³/mol. The van der Waals surface area contributed by atoms with Crippen LogP contribution in [0.5, 0.6) is 0 Å². The van der Waals surface area contributed by atoms with Crippen molar-refractivity contribution in [2.45, 2.75) is 13.0 Å². The lowest BCUT2D eigenvalue weighted by Crippen LogP contribution is -2.39. The monoisotopic (exact) mass is 273 g/mol. The van der Waals surface area contributed by atoms with Gasteiger partial charge in [-0.3, -0.25) is 9.36 Å². The van der Waals surface area contributed by atoms with E-state index in [4.69, 9.17) is 0 Å². The smallest absolute Gasteiger partial charge is 0.328 e. The number of imidazole rings is 1. The summed E-state index contributed by atoms with van der Waals surface area (Å²) >= 11 is 0. The van der Waals surface area contributed by atoms with Gasteiger partial charge >= 0.3 is 5.97 Å². The zero-order valence-electron chi connectivity index (χ0n) is 11.2. The number of methoxy groups -OCH3 is 1. The van der Waals surface area contributed by atoms with Gasteiger partial charge in [0.25, 0.3) is 5.91 Å². The number of para-hydroxylation sites is 1. The van der Waals surface area contributed by atoms with Gasteiger partial charge in [-0.1, -0.05) is 18.2 Å². The Morgan fingerprint density at radius 3 is 2.65 bits per heavy atom. The number of benzene rings is 1. The Morgan fingerprint density at radius 2 is 2.00 bits per heavy atom. The second-order valence-electron chi connectivity index (χ2n) is 4.20. The normalized spacial score (nSPS) is 11.7. The van der Waals surface area contributed by atoms with Crippen molar-refractivity contribution in [3.05, 3.63) is 48.5 Å². The fourth-order valence-electron chi connectivity index (χ4n) is 1.76. The molecule has 1 aromatic heterocycles. The summed E-state index contributed by atoms with van der Waals surface area (Å²) in [6.07, 6.45) is 3.00. The number of hydrogen-bond donors (Lipinski definition) is 1. The lowest BCUT2D eigenvalue weighted by atomic mass is 10.3. The van der Waals surface area contributed by atoms with Crippen LogP contribution in [0.4, 0.5) is 0 Å². The Hall–Kier alpha value is -2.63. The van der Waals surface area contributed by atoms with E-state index in [1.807, 2.05) is 30.3 Å². The molecule has 2 rings (SSSR count). The van der Waals surface area contributed by atoms with Crippen molar-refractivity contribution < 1.29 is 14.3 Å². The van der Waals surface area contributed by atoms with E-state index in [1.54, 1.807) is 17.8 Å². The van der Waals surface area contributed by atoms with E-state index >= 15 is 0 Å². The molecule has 1 N–H and O–H groups in total. The maximum absolute atomic E-state index is 12.2. The van der Waals surface area contributed by atoms with E-state index in [0.717, 1.165) is 5.69 Å². The second-order valence-corrected chi connectivity index (χ2v) is 4.20. The van der Waals surface area contributed by atoms with E-state index in [9.17, 15) is 9.59 Å². The second kappa shape index (κ2) is 6.01. The Morgan fingerprint density at radius 1 is 1.30 bits per heavy atom. The van der Waals surface area contributed by atoms with E-state index in [-0.39, 0.29) is 5.91 Å². The van der Waals surface area contributed by atoms with Gasteiger partial charge in [-0.2, -0.15) is 0 Å². The summed E-state index contributed by atoms with van der Waals surface area (Å²) in [6, 6.07) is 8.64. The Bertz CT molecular complexity index is 607. The minimum atomic E-state index is -0.716. The van der Waals surface area contributed by atoms with Gasteiger partial charge < -0.3 is 10.1 Å². The van der Waals surface area contributed by atoms with Crippen molar-refractivity contribution in [1.82, 2.24) is 14.9 Å². The van der Waals surface area contributed by atoms with E-state index in [0.29, 0.717) is 5.69 Å². The van der Waals surface area contributed by atoms with Crippen molar-refractivity contribution in [3.8, 4) is 5.69 Å². The van der Waals surface area contributed by atoms with Gasteiger partial charge in [-0.05, 0) is 19.1 Å². The minimum absolute atomic E-state index is 0.354. The van der Waals surface area contributed by atoms with Gasteiger partial charge in [-0.15, -0.1) is 0 Å². The molecule has 0 radical (unpaired) electrons. The number of carbonyl (C=O) groups is 2. The number of ether oxygens (including phenoxy) is 1. The molecule has 0 saturated carbocycles. The molecular weight excluding hydrogens is 258 g/mol. The van der Waals surface area contributed by atoms with Crippen LogP contribution >= 0.6 is 0 Å². The SMILES string of the molecule is COC(=O)[C@H](C)NC(=O)c1cncn1-c1ccccc1. The molecule has 1 aromatic carbocycles. The first kappa shape index (κ1) is 13.8. The average Bonchev–Trinajstić information content (AvgIpc) is 2.96. The van der Waals surface area contributed by atoms with Crippen molar-refractivity contribution in [2.75, 3.05) is 7.11 Å². The van der Waals surface area contributed by atoms with Crippen LogP contribution in [-0.4, -0.2) is 34.6 Å². The van der Waals surface area contributed by atoms with Crippen LogP contribution in [-0.2, 0) is 9.53 Å². The van der Waals surface area contributed by atoms with Gasteiger partial charge in [0, 0.05) is 5.69 Å². The number of nitrogens with zero attached hydrogens (tertiary/aromatic N) is 2. The van der Waals surface area contributed by atoms with Crippen LogP contribution in [0.25, 0.3) is 5.69 Å². The summed E-state index contributed by atoms with van der Waals surface area (Å²) in [5.74, 6) is -0.881. The number of rotatable bonds is 4. The van der Waals surface area contributed by atoms with Crippen molar-refractivity contribution in [3.63, 3.8) is 0 Å². The van der Waals surface area contributed by atoms with Gasteiger partial charge in [0.05, 0.1) is 19.6 Å². The Kier molecular flexibility index (Phi) is 4.14. The number of nitrogens with one attached hydrogen (secondary N) is 1. The average molecular weight is 273 g/mol. The summed E-state index contributed by atoms with van der Waals surface area (Å²) in [7, 11) is 1.28. The maximum Gasteiger partial charge on any atom is 0.328 e. The fourth-order valence-corrected chi connectivity index (χ4v) is 1.76. The van der Waals surface area contributed by atoms with Crippen molar-refractivity contribution in [2.24, 2.45) is 0 Å². The minimum Gasteiger partial charge on any atom is -0.467 e. The largest absolute Gasteiger partial charge is 0.467 e. The molecular formula is C14H15N3O3. The molecule has 0 fully saturated rings. The van der Waals surface area contributed by atoms with Gasteiger partial charge in [0.2, 0.25) is 0 Å². The maximum atomic E-state index is 12.2. The number of carbonyl (C=O) groups excluding carboxylic acids is 2. The van der Waals surface area contributed by atoms with Gasteiger partial charge in [0.15, 0.2) is 0 Å². The Labute approximate surface area is 116 Å². The highest BCUT2D eigenvalue weighted by Gasteiger charge is 2.19. The third-order valence-corrected chi connectivity index (χ3v) is 2.81. The third-order valence-electron chi connectivity index (χ3n) is 2.81. The molecule has 0 aliphatic carbocycles. The van der Waals surface area contributed by atoms with Crippen LogP contribution in [0.2, 0.25) is 0 Å². The molecule has 2 aromatic rings. The van der Waals surface area contributed by atoms with E-state index in [1.165, 1.54) is 13.3 Å². The standard InChI is InChI=1S/C14H15N3O3/c1-10(14(19)20-2)16-13(18)12-8-15-9-17(12)11-6-4-3-5-7-11/h3-10H,1-2H3,(H,16,18)/t10-/m0/s1. The van der Waals surface area contributed by atoms with Crippen LogP contribution in [0.1, 0.15) is 17.4 Å². The number of esters is 1. The van der Waals surface area contributed by atoms with E-state index in [2.05, 4.69) is 15.0 Å². The summed E-state index contributed by atoms with van der Waals surface area (Å²) in [5.41, 5.74) is 1.17. The predicted octanol–water partition coefficient (Wildman–Crippen LogP) is 1.16. The van der Waals surface area contributed by atoms with Gasteiger partial charge in [-0.25, -0.2) is 9.78 Å². The molecule has 0 spiro atoms. The topological polar surface area (TPSA) is 73.2 Å². The van der Waals surface area contributed by atoms with Crippen molar-refractivity contribution >= 4 is 11.9 Å². The quantitative estimate of drug-likeness (QED) is 0.848. The number of amides is 1. The number of hydrogen-bond acceptors (Lipinski definition) is 4. The molecule has 0 aliphatic heterocycles. The molecule has 1 heterocycles. The number of aromatic nitrogens is 2. The summed E-state index contributed by atoms with van der Waals surface area (Å²) in [5, 5.41) is 2.57. The molecule has 0 aliphatic rings. The van der Waals surface area contributed by atoms with Crippen LogP contribution in [0, 0.1) is 0 Å². The Balaban J connectivity index is 2.20. The fraction of sp³-hybridized carbons (Fsp3) is 0.214. The van der Waals surface area contributed by atoms with Crippen LogP contribution in [0.3, 0.4) is 0 Å². The zero-order valence-corrected chi connectivity index (χ0v) is 11.2. The molecule has 6 heteroatoms. The molecule has 1 atom stereocenters. The van der Waals surface area contributed by atoms with Crippen molar-refractivity contribution in [1.29, 1.82) is 0 Å². The highest BCUT2D eigenvalue weighted by atomic mass is 16.5. The molecule has 104 valence electrons. The molecule has 0 saturated heterocycles. The summed E-state index contributed by atoms with van der Waals surface area (Å²) in [4.78, 5) is 27.4. The third kappa shape index (κ3) is 2.85. The van der Waals surface area contributed by atoms with Gasteiger partial charge in [0.1, 0.15) is 11.7 Å². The van der Waals surface area contributed by atoms with Crippen LogP contribution in [0.15, 0.2) is 42.9 Å². The zero-order chi connectivity index (χ0) is 14.5. The summed E-state index contributed by atoms with van der Waals surface area (Å²) in [6.45, 7) is 1.56. The molecule has 20 heavy (non-hydrogen) atoms.